The Labute approximate surface area is 191 Å². The third-order valence-corrected chi connectivity index (χ3v) is 5.16. The SMILES string of the molecule is CCN(CC)c1ccc(/C=N/C(C#N)=C(C#N)\N=C\c2ccc(N(CC)CC)cc2)cc1. The second kappa shape index (κ2) is 12.7. The molecule has 0 fully saturated rings. The quantitative estimate of drug-likeness (QED) is 0.387. The summed E-state index contributed by atoms with van der Waals surface area (Å²) in [6.45, 7) is 12.2. The zero-order valence-electron chi connectivity index (χ0n) is 19.3. The van der Waals surface area contributed by atoms with E-state index in [2.05, 4.69) is 47.5 Å². The van der Waals surface area contributed by atoms with Crippen molar-refractivity contribution in [3.63, 3.8) is 0 Å². The Hall–Kier alpha value is -3.90. The fraction of sp³-hybridized carbons (Fsp3) is 0.308. The molecule has 2 aromatic carbocycles. The van der Waals surface area contributed by atoms with Crippen LogP contribution in [0.3, 0.4) is 0 Å². The second-order valence-electron chi connectivity index (χ2n) is 6.96. The van der Waals surface area contributed by atoms with E-state index in [9.17, 15) is 10.5 Å². The smallest absolute Gasteiger partial charge is 0.176 e. The van der Waals surface area contributed by atoms with E-state index in [-0.39, 0.29) is 11.4 Å². The molecule has 0 aliphatic heterocycles. The molecular weight excluding hydrogens is 396 g/mol. The molecule has 0 unspecified atom stereocenters. The van der Waals surface area contributed by atoms with Gasteiger partial charge in [-0.05, 0) is 63.1 Å². The van der Waals surface area contributed by atoms with Gasteiger partial charge < -0.3 is 9.80 Å². The van der Waals surface area contributed by atoms with Crippen LogP contribution >= 0.6 is 0 Å². The fourth-order valence-electron chi connectivity index (χ4n) is 3.28. The van der Waals surface area contributed by atoms with Gasteiger partial charge in [0.25, 0.3) is 0 Å². The first-order valence-electron chi connectivity index (χ1n) is 10.9. The lowest BCUT2D eigenvalue weighted by Crippen LogP contribution is -2.21. The molecule has 0 saturated heterocycles. The summed E-state index contributed by atoms with van der Waals surface area (Å²) in [6.07, 6.45) is 3.16. The predicted octanol–water partition coefficient (Wildman–Crippen LogP) is 5.18. The van der Waals surface area contributed by atoms with Crippen molar-refractivity contribution in [2.75, 3.05) is 36.0 Å². The van der Waals surface area contributed by atoms with Gasteiger partial charge in [0.05, 0.1) is 0 Å². The van der Waals surface area contributed by atoms with E-state index in [1.54, 1.807) is 12.4 Å². The van der Waals surface area contributed by atoms with Gasteiger partial charge >= 0.3 is 0 Å². The van der Waals surface area contributed by atoms with Gasteiger partial charge in [0, 0.05) is 50.0 Å². The van der Waals surface area contributed by atoms with Crippen LogP contribution in [0.15, 0.2) is 69.9 Å². The zero-order chi connectivity index (χ0) is 23.3. The molecule has 6 heteroatoms. The Bertz CT molecular complexity index is 940. The minimum atomic E-state index is -0.0173. The molecule has 0 aromatic heterocycles. The molecule has 0 heterocycles. The predicted molar refractivity (Wildman–Crippen MR) is 133 cm³/mol. The van der Waals surface area contributed by atoms with Crippen LogP contribution in [0.4, 0.5) is 11.4 Å². The fourth-order valence-corrected chi connectivity index (χ4v) is 3.28. The van der Waals surface area contributed by atoms with Gasteiger partial charge in [0.15, 0.2) is 11.4 Å². The van der Waals surface area contributed by atoms with Crippen LogP contribution < -0.4 is 9.80 Å². The van der Waals surface area contributed by atoms with E-state index < -0.39 is 0 Å². The number of anilines is 2. The Morgan fingerprint density at radius 2 is 0.969 bits per heavy atom. The number of nitrogens with zero attached hydrogens (tertiary/aromatic N) is 6. The van der Waals surface area contributed by atoms with Gasteiger partial charge in [-0.25, -0.2) is 9.98 Å². The highest BCUT2D eigenvalue weighted by molar-refractivity contribution is 5.83. The molecule has 32 heavy (non-hydrogen) atoms. The minimum Gasteiger partial charge on any atom is -0.372 e. The number of hydrogen-bond acceptors (Lipinski definition) is 6. The summed E-state index contributed by atoms with van der Waals surface area (Å²) in [4.78, 5) is 12.9. The number of aliphatic imine (C=N–C) groups is 2. The molecule has 2 aromatic rings. The summed E-state index contributed by atoms with van der Waals surface area (Å²) < 4.78 is 0. The van der Waals surface area contributed by atoms with Crippen molar-refractivity contribution in [3.05, 3.63) is 71.1 Å². The van der Waals surface area contributed by atoms with Crippen molar-refractivity contribution >= 4 is 23.8 Å². The van der Waals surface area contributed by atoms with E-state index in [0.29, 0.717) is 0 Å². The maximum absolute atomic E-state index is 9.48. The van der Waals surface area contributed by atoms with E-state index in [1.165, 1.54) is 0 Å². The van der Waals surface area contributed by atoms with Crippen molar-refractivity contribution in [3.8, 4) is 12.1 Å². The highest BCUT2D eigenvalue weighted by Crippen LogP contribution is 2.16. The van der Waals surface area contributed by atoms with Gasteiger partial charge in [0.1, 0.15) is 12.1 Å². The summed E-state index contributed by atoms with van der Waals surface area (Å²) in [5.74, 6) is 0. The third-order valence-electron chi connectivity index (χ3n) is 5.16. The first-order valence-corrected chi connectivity index (χ1v) is 10.9. The topological polar surface area (TPSA) is 78.8 Å². The number of benzene rings is 2. The van der Waals surface area contributed by atoms with Crippen LogP contribution in [0.1, 0.15) is 38.8 Å². The lowest BCUT2D eigenvalue weighted by molar-refractivity contribution is 0.866. The van der Waals surface area contributed by atoms with Crippen molar-refractivity contribution in [2.24, 2.45) is 9.98 Å². The van der Waals surface area contributed by atoms with E-state index in [4.69, 9.17) is 0 Å². The summed E-state index contributed by atoms with van der Waals surface area (Å²) >= 11 is 0. The highest BCUT2D eigenvalue weighted by Gasteiger charge is 2.05. The average molecular weight is 427 g/mol. The zero-order valence-corrected chi connectivity index (χ0v) is 19.3. The van der Waals surface area contributed by atoms with Crippen LogP contribution in [0.2, 0.25) is 0 Å². The molecule has 0 saturated carbocycles. The molecule has 0 aliphatic carbocycles. The first-order chi connectivity index (χ1) is 15.6. The average Bonchev–Trinajstić information content (AvgIpc) is 2.84. The molecule has 0 atom stereocenters. The van der Waals surface area contributed by atoms with Gasteiger partial charge in [0.2, 0.25) is 0 Å². The molecule has 0 amide bonds. The van der Waals surface area contributed by atoms with Crippen LogP contribution in [-0.4, -0.2) is 38.6 Å². The van der Waals surface area contributed by atoms with Gasteiger partial charge in [-0.2, -0.15) is 10.5 Å². The lowest BCUT2D eigenvalue weighted by atomic mass is 10.2. The van der Waals surface area contributed by atoms with Crippen molar-refractivity contribution in [2.45, 2.75) is 27.7 Å². The molecule has 0 bridgehead atoms. The van der Waals surface area contributed by atoms with Gasteiger partial charge in [-0.1, -0.05) is 24.3 Å². The Balaban J connectivity index is 2.19. The van der Waals surface area contributed by atoms with Crippen molar-refractivity contribution in [1.29, 1.82) is 10.5 Å². The minimum absolute atomic E-state index is 0.0173. The molecule has 164 valence electrons. The third kappa shape index (κ3) is 6.55. The normalized spacial score (nSPS) is 11.8. The summed E-state index contributed by atoms with van der Waals surface area (Å²) in [5.41, 5.74) is 3.94. The van der Waals surface area contributed by atoms with Crippen LogP contribution in [0, 0.1) is 22.7 Å². The number of rotatable bonds is 10. The molecule has 0 N–H and O–H groups in total. The van der Waals surface area contributed by atoms with E-state index in [0.717, 1.165) is 48.7 Å². The number of allylic oxidation sites excluding steroid dienone is 2. The standard InChI is InChI=1S/C26H30N6/c1-5-31(6-2)23-13-9-21(10-14-23)19-29-25(17-27)26(18-28)30-20-22-11-15-24(16-12-22)32(7-3)8-4/h9-16,19-20H,5-8H2,1-4H3/b26-25-,29-19+,30-20+. The summed E-state index contributed by atoms with van der Waals surface area (Å²) in [7, 11) is 0. The Morgan fingerprint density at radius 3 is 1.22 bits per heavy atom. The van der Waals surface area contributed by atoms with E-state index >= 15 is 0 Å². The van der Waals surface area contributed by atoms with Gasteiger partial charge in [-0.3, -0.25) is 0 Å². The van der Waals surface area contributed by atoms with Crippen LogP contribution in [0.25, 0.3) is 0 Å². The van der Waals surface area contributed by atoms with Crippen LogP contribution in [-0.2, 0) is 0 Å². The Morgan fingerprint density at radius 1 is 0.656 bits per heavy atom. The molecule has 2 rings (SSSR count). The molecule has 0 aliphatic rings. The molecule has 0 radical (unpaired) electrons. The monoisotopic (exact) mass is 426 g/mol. The lowest BCUT2D eigenvalue weighted by Gasteiger charge is -2.20. The number of nitriles is 2. The van der Waals surface area contributed by atoms with Gasteiger partial charge in [-0.15, -0.1) is 0 Å². The molecule has 0 spiro atoms. The maximum Gasteiger partial charge on any atom is 0.176 e. The number of hydrogen-bond donors (Lipinski definition) is 0. The van der Waals surface area contributed by atoms with Crippen molar-refractivity contribution < 1.29 is 0 Å². The van der Waals surface area contributed by atoms with E-state index in [1.807, 2.05) is 60.7 Å². The first kappa shape index (κ1) is 24.4. The maximum atomic E-state index is 9.48. The largest absolute Gasteiger partial charge is 0.372 e. The molecule has 6 nitrogen and oxygen atoms in total. The second-order valence-corrected chi connectivity index (χ2v) is 6.96. The van der Waals surface area contributed by atoms with Crippen LogP contribution in [0.5, 0.6) is 0 Å². The van der Waals surface area contributed by atoms with Crippen molar-refractivity contribution in [1.82, 2.24) is 0 Å². The summed E-state index contributed by atoms with van der Waals surface area (Å²) in [6, 6.07) is 19.8. The molecular formula is C26H30N6. The highest BCUT2D eigenvalue weighted by atomic mass is 15.1. The Kier molecular flexibility index (Phi) is 9.69. The summed E-state index contributed by atoms with van der Waals surface area (Å²) in [5, 5.41) is 19.0.